The van der Waals surface area contributed by atoms with Crippen LogP contribution in [0.2, 0.25) is 10.0 Å². The quantitative estimate of drug-likeness (QED) is 0.771. The third-order valence-corrected chi connectivity index (χ3v) is 3.96. The van der Waals surface area contributed by atoms with E-state index in [0.717, 1.165) is 17.5 Å². The molecule has 0 N–H and O–H groups in total. The summed E-state index contributed by atoms with van der Waals surface area (Å²) in [6.07, 6.45) is 1.63. The molecule has 1 unspecified atom stereocenters. The van der Waals surface area contributed by atoms with Gasteiger partial charge in [-0.3, -0.25) is 0 Å². The highest BCUT2D eigenvalue weighted by atomic mass is 35.5. The second-order valence-electron chi connectivity index (χ2n) is 4.48. The van der Waals surface area contributed by atoms with Gasteiger partial charge in [-0.2, -0.15) is 0 Å². The highest BCUT2D eigenvalue weighted by molar-refractivity contribution is 6.39. The molecule has 4 heteroatoms. The van der Waals surface area contributed by atoms with Gasteiger partial charge in [0.1, 0.15) is 6.29 Å². The molecule has 0 saturated heterocycles. The van der Waals surface area contributed by atoms with Gasteiger partial charge in [-0.1, -0.05) is 47.5 Å². The number of benzene rings is 2. The van der Waals surface area contributed by atoms with E-state index < -0.39 is 0 Å². The molecular formula is C15H11Cl2NO. The number of carbonyl (C=O) groups is 1. The number of aldehydes is 1. The lowest BCUT2D eigenvalue weighted by Crippen LogP contribution is -2.29. The van der Waals surface area contributed by atoms with Gasteiger partial charge in [0.25, 0.3) is 0 Å². The first-order chi connectivity index (χ1) is 9.22. The highest BCUT2D eigenvalue weighted by Crippen LogP contribution is 2.44. The van der Waals surface area contributed by atoms with Crippen molar-refractivity contribution in [1.29, 1.82) is 0 Å². The smallest absolute Gasteiger partial charge is 0.143 e. The molecule has 0 aliphatic carbocycles. The number of hydrogen-bond acceptors (Lipinski definition) is 2. The van der Waals surface area contributed by atoms with Crippen molar-refractivity contribution in [3.63, 3.8) is 0 Å². The number of carbonyl (C=O) groups excluding carboxylic acids is 1. The summed E-state index contributed by atoms with van der Waals surface area (Å²) in [5.41, 5.74) is 2.83. The fourth-order valence-electron chi connectivity index (χ4n) is 2.53. The van der Waals surface area contributed by atoms with Crippen LogP contribution in [-0.4, -0.2) is 12.3 Å². The molecule has 0 amide bonds. The number of halogens is 2. The zero-order valence-corrected chi connectivity index (χ0v) is 11.5. The maximum atomic E-state index is 11.4. The summed E-state index contributed by atoms with van der Waals surface area (Å²) in [7, 11) is 0. The van der Waals surface area contributed by atoms with Crippen molar-refractivity contribution in [3.05, 3.63) is 58.1 Å². The largest absolute Gasteiger partial charge is 0.328 e. The summed E-state index contributed by atoms with van der Waals surface area (Å²) in [4.78, 5) is 13.3. The molecule has 1 aliphatic rings. The van der Waals surface area contributed by atoms with Crippen molar-refractivity contribution in [2.75, 3.05) is 4.90 Å². The van der Waals surface area contributed by atoms with Crippen LogP contribution in [0.3, 0.4) is 0 Å². The zero-order valence-electron chi connectivity index (χ0n) is 10.0. The molecular weight excluding hydrogens is 281 g/mol. The monoisotopic (exact) mass is 291 g/mol. The van der Waals surface area contributed by atoms with E-state index in [2.05, 4.69) is 0 Å². The molecule has 0 aromatic heterocycles. The number of hydrogen-bond donors (Lipinski definition) is 0. The molecule has 0 spiro atoms. The fraction of sp³-hybridized carbons (Fsp3) is 0.133. The maximum Gasteiger partial charge on any atom is 0.143 e. The van der Waals surface area contributed by atoms with Crippen molar-refractivity contribution in [2.24, 2.45) is 0 Å². The Bertz CT molecular complexity index is 622. The lowest BCUT2D eigenvalue weighted by atomic mass is 10.1. The Balaban J connectivity index is 2.20. The molecule has 0 bridgehead atoms. The van der Waals surface area contributed by atoms with Gasteiger partial charge in [0.15, 0.2) is 0 Å². The molecule has 1 aliphatic heterocycles. The molecule has 19 heavy (non-hydrogen) atoms. The molecule has 0 radical (unpaired) electrons. The molecule has 2 nitrogen and oxygen atoms in total. The van der Waals surface area contributed by atoms with Crippen LogP contribution in [0.15, 0.2) is 42.5 Å². The third kappa shape index (κ3) is 2.01. The van der Waals surface area contributed by atoms with Gasteiger partial charge in [0.05, 0.1) is 21.8 Å². The van der Waals surface area contributed by atoms with Crippen LogP contribution in [0, 0.1) is 0 Å². The van der Waals surface area contributed by atoms with Gasteiger partial charge in [-0.15, -0.1) is 0 Å². The van der Waals surface area contributed by atoms with E-state index in [-0.39, 0.29) is 6.04 Å². The molecule has 3 rings (SSSR count). The first kappa shape index (κ1) is 12.5. The first-order valence-electron chi connectivity index (χ1n) is 5.99. The van der Waals surface area contributed by atoms with Crippen LogP contribution >= 0.6 is 23.2 Å². The Kier molecular flexibility index (Phi) is 3.21. The average Bonchev–Trinajstić information content (AvgIpc) is 2.77. The predicted molar refractivity (Wildman–Crippen MR) is 78.6 cm³/mol. The molecule has 1 heterocycles. The topological polar surface area (TPSA) is 20.3 Å². The van der Waals surface area contributed by atoms with Gasteiger partial charge in [-0.05, 0) is 23.8 Å². The number of anilines is 2. The minimum absolute atomic E-state index is 0.255. The number of rotatable bonds is 2. The number of para-hydroxylation sites is 2. The third-order valence-electron chi connectivity index (χ3n) is 3.35. The van der Waals surface area contributed by atoms with Crippen molar-refractivity contribution in [3.8, 4) is 0 Å². The van der Waals surface area contributed by atoms with Crippen LogP contribution in [0.5, 0.6) is 0 Å². The first-order valence-corrected chi connectivity index (χ1v) is 6.74. The predicted octanol–water partition coefficient (Wildman–Crippen LogP) is 4.26. The van der Waals surface area contributed by atoms with Crippen LogP contribution in [0.4, 0.5) is 11.4 Å². The molecule has 1 atom stereocenters. The van der Waals surface area contributed by atoms with Crippen LogP contribution in [0.25, 0.3) is 0 Å². The van der Waals surface area contributed by atoms with E-state index in [9.17, 15) is 4.79 Å². The van der Waals surface area contributed by atoms with E-state index in [1.54, 1.807) is 18.2 Å². The van der Waals surface area contributed by atoms with E-state index in [1.807, 2.05) is 29.2 Å². The van der Waals surface area contributed by atoms with Crippen LogP contribution in [0.1, 0.15) is 5.56 Å². The van der Waals surface area contributed by atoms with E-state index in [4.69, 9.17) is 23.2 Å². The summed E-state index contributed by atoms with van der Waals surface area (Å²) >= 11 is 12.5. The van der Waals surface area contributed by atoms with E-state index >= 15 is 0 Å². The number of fused-ring (bicyclic) bond motifs is 1. The summed E-state index contributed by atoms with van der Waals surface area (Å²) in [6, 6.07) is 13.0. The van der Waals surface area contributed by atoms with Gasteiger partial charge in [0.2, 0.25) is 0 Å². The van der Waals surface area contributed by atoms with Crippen LogP contribution < -0.4 is 4.90 Å². The molecule has 2 aromatic carbocycles. The average molecular weight is 292 g/mol. The van der Waals surface area contributed by atoms with Crippen molar-refractivity contribution in [2.45, 2.75) is 12.5 Å². The summed E-state index contributed by atoms with van der Waals surface area (Å²) in [5, 5.41) is 1.10. The SMILES string of the molecule is O=CC1Cc2ccccc2N1c1c(Cl)cccc1Cl. The summed E-state index contributed by atoms with van der Waals surface area (Å²) in [6.45, 7) is 0. The lowest BCUT2D eigenvalue weighted by Gasteiger charge is -2.26. The minimum Gasteiger partial charge on any atom is -0.328 e. The lowest BCUT2D eigenvalue weighted by molar-refractivity contribution is -0.108. The Hall–Kier alpha value is -1.51. The Morgan fingerprint density at radius 2 is 1.74 bits per heavy atom. The Morgan fingerprint density at radius 3 is 2.42 bits per heavy atom. The molecule has 0 fully saturated rings. The Morgan fingerprint density at radius 1 is 1.05 bits per heavy atom. The fourth-order valence-corrected chi connectivity index (χ4v) is 3.11. The van der Waals surface area contributed by atoms with Crippen LogP contribution in [-0.2, 0) is 11.2 Å². The zero-order chi connectivity index (χ0) is 13.4. The van der Waals surface area contributed by atoms with Crippen molar-refractivity contribution >= 4 is 40.9 Å². The molecule has 2 aromatic rings. The highest BCUT2D eigenvalue weighted by Gasteiger charge is 2.32. The number of nitrogens with zero attached hydrogens (tertiary/aromatic N) is 1. The van der Waals surface area contributed by atoms with Gasteiger partial charge < -0.3 is 9.69 Å². The van der Waals surface area contributed by atoms with Crippen molar-refractivity contribution in [1.82, 2.24) is 0 Å². The Labute approximate surface area is 121 Å². The summed E-state index contributed by atoms with van der Waals surface area (Å²) < 4.78 is 0. The van der Waals surface area contributed by atoms with Crippen molar-refractivity contribution < 1.29 is 4.79 Å². The molecule has 96 valence electrons. The second kappa shape index (κ2) is 4.87. The van der Waals surface area contributed by atoms with Gasteiger partial charge in [0, 0.05) is 12.1 Å². The minimum atomic E-state index is -0.255. The van der Waals surface area contributed by atoms with E-state index in [0.29, 0.717) is 22.2 Å². The molecule has 0 saturated carbocycles. The second-order valence-corrected chi connectivity index (χ2v) is 5.29. The standard InChI is InChI=1S/C15H11Cl2NO/c16-12-5-3-6-13(17)15(12)18-11(9-19)8-10-4-1-2-7-14(10)18/h1-7,9,11H,8H2. The maximum absolute atomic E-state index is 11.4. The van der Waals surface area contributed by atoms with E-state index in [1.165, 1.54) is 0 Å². The van der Waals surface area contributed by atoms with Gasteiger partial charge in [-0.25, -0.2) is 0 Å². The normalized spacial score (nSPS) is 17.4. The van der Waals surface area contributed by atoms with Gasteiger partial charge >= 0.3 is 0 Å². The summed E-state index contributed by atoms with van der Waals surface area (Å²) in [5.74, 6) is 0.